The van der Waals surface area contributed by atoms with Gasteiger partial charge in [-0.15, -0.1) is 0 Å². The lowest BCUT2D eigenvalue weighted by Crippen LogP contribution is -2.64. The Bertz CT molecular complexity index is 376. The van der Waals surface area contributed by atoms with Gasteiger partial charge in [0, 0.05) is 6.61 Å². The molecule has 0 bridgehead atoms. The molecule has 4 nitrogen and oxygen atoms in total. The van der Waals surface area contributed by atoms with Crippen LogP contribution in [0.15, 0.2) is 0 Å². The Morgan fingerprint density at radius 3 is 1.07 bits per heavy atom. The minimum atomic E-state index is -2.91. The van der Waals surface area contributed by atoms with Gasteiger partial charge in [-0.3, -0.25) is 0 Å². The van der Waals surface area contributed by atoms with Crippen LogP contribution in [0.3, 0.4) is 0 Å². The zero-order chi connectivity index (χ0) is 22.6. The summed E-state index contributed by atoms with van der Waals surface area (Å²) >= 11 is 0. The molecule has 0 amide bonds. The van der Waals surface area contributed by atoms with Crippen molar-refractivity contribution in [2.75, 3.05) is 12.8 Å². The molecule has 8 heteroatoms. The van der Waals surface area contributed by atoms with Gasteiger partial charge in [0.2, 0.25) is 0 Å². The molecule has 0 fully saturated rings. The van der Waals surface area contributed by atoms with Gasteiger partial charge in [-0.25, -0.2) is 0 Å². The molecule has 176 valence electrons. The zero-order valence-corrected chi connectivity index (χ0v) is 25.4. The molecule has 29 heavy (non-hydrogen) atoms. The second-order valence-corrected chi connectivity index (χ2v) is 26.4. The number of rotatable bonds is 18. The summed E-state index contributed by atoms with van der Waals surface area (Å²) in [6.45, 7) is 23.5. The second-order valence-electron chi connectivity index (χ2n) is 10.2. The van der Waals surface area contributed by atoms with Gasteiger partial charge in [0.25, 0.3) is 0 Å². The van der Waals surface area contributed by atoms with Crippen molar-refractivity contribution in [3.05, 3.63) is 0 Å². The molecule has 0 rings (SSSR count). The van der Waals surface area contributed by atoms with E-state index in [-0.39, 0.29) is 0 Å². The Hall–Kier alpha value is 0.708. The molecule has 0 saturated heterocycles. The molecule has 0 spiro atoms. The Labute approximate surface area is 187 Å². The molecule has 0 aliphatic carbocycles. The Morgan fingerprint density at radius 1 is 0.517 bits per heavy atom. The fourth-order valence-corrected chi connectivity index (χ4v) is 21.3. The van der Waals surface area contributed by atoms with Crippen molar-refractivity contribution in [3.63, 3.8) is 0 Å². The van der Waals surface area contributed by atoms with E-state index in [0.29, 0.717) is 12.8 Å². The number of hydrogen-bond acceptors (Lipinski definition) is 4. The highest BCUT2D eigenvalue weighted by atomic mass is 28.5. The van der Waals surface area contributed by atoms with Crippen LogP contribution in [-0.4, -0.2) is 46.6 Å². The summed E-state index contributed by atoms with van der Waals surface area (Å²) in [6.07, 6.45) is 7.76. The van der Waals surface area contributed by atoms with Gasteiger partial charge < -0.3 is 17.1 Å². The van der Waals surface area contributed by atoms with Crippen LogP contribution < -0.4 is 0 Å². The predicted octanol–water partition coefficient (Wildman–Crippen LogP) is 7.57. The van der Waals surface area contributed by atoms with Crippen LogP contribution in [0.5, 0.6) is 0 Å². The third-order valence-electron chi connectivity index (χ3n) is 5.18. The second kappa shape index (κ2) is 14.0. The lowest BCUT2D eigenvalue weighted by atomic mass is 10.4. The minimum absolute atomic E-state index is 0.511. The first-order valence-corrected chi connectivity index (χ1v) is 23.3. The molecule has 0 aromatic heterocycles. The average Bonchev–Trinajstić information content (AvgIpc) is 2.60. The van der Waals surface area contributed by atoms with E-state index in [1.165, 1.54) is 38.5 Å². The monoisotopic (exact) mass is 480 g/mol. The first kappa shape index (κ1) is 29.7. The van der Waals surface area contributed by atoms with Crippen molar-refractivity contribution in [2.24, 2.45) is 0 Å². The molecule has 0 aromatic rings. The SMILES string of the molecule is CCCC[Si](C)(C)O[Si](COCC)(O[Si](C)(C)CCCC)O[Si](C)(C)CCCC. The van der Waals surface area contributed by atoms with E-state index in [1.54, 1.807) is 0 Å². The van der Waals surface area contributed by atoms with Crippen LogP contribution in [0.2, 0.25) is 57.4 Å². The van der Waals surface area contributed by atoms with Gasteiger partial charge >= 0.3 is 8.80 Å². The Kier molecular flexibility index (Phi) is 14.3. The van der Waals surface area contributed by atoms with Crippen molar-refractivity contribution in [1.29, 1.82) is 0 Å². The lowest BCUT2D eigenvalue weighted by Gasteiger charge is -2.44. The van der Waals surface area contributed by atoms with Crippen molar-refractivity contribution in [1.82, 2.24) is 0 Å². The summed E-state index contributed by atoms with van der Waals surface area (Å²) in [5.41, 5.74) is 0. The standard InChI is InChI=1S/C21H52O4Si4/c1-11-15-18-26(5,6)23-29(21-22-14-4,24-27(7,8)19-16-12-2)25-28(9,10)20-17-13-3/h11-21H2,1-10H3. The maximum Gasteiger partial charge on any atom is 0.496 e. The van der Waals surface area contributed by atoms with E-state index in [0.717, 1.165) is 18.1 Å². The fraction of sp³-hybridized carbons (Fsp3) is 1.00. The van der Waals surface area contributed by atoms with Crippen LogP contribution in [0, 0.1) is 0 Å². The molecular weight excluding hydrogens is 429 g/mol. The average molecular weight is 481 g/mol. The molecule has 0 aliphatic rings. The summed E-state index contributed by atoms with van der Waals surface area (Å²) in [7, 11) is -8.60. The lowest BCUT2D eigenvalue weighted by molar-refractivity contribution is 0.126. The maximum atomic E-state index is 7.04. The van der Waals surface area contributed by atoms with E-state index in [1.807, 2.05) is 0 Å². The van der Waals surface area contributed by atoms with Crippen LogP contribution in [-0.2, 0) is 17.1 Å². The highest BCUT2D eigenvalue weighted by molar-refractivity contribution is 6.90. The molecule has 0 aromatic carbocycles. The Balaban J connectivity index is 5.86. The topological polar surface area (TPSA) is 36.9 Å². The van der Waals surface area contributed by atoms with Gasteiger partial charge in [-0.2, -0.15) is 0 Å². The van der Waals surface area contributed by atoms with Crippen molar-refractivity contribution in [3.8, 4) is 0 Å². The van der Waals surface area contributed by atoms with E-state index in [4.69, 9.17) is 17.1 Å². The van der Waals surface area contributed by atoms with Crippen molar-refractivity contribution in [2.45, 2.75) is 124 Å². The number of unbranched alkanes of at least 4 members (excludes halogenated alkanes) is 3. The molecule has 0 saturated carbocycles. The van der Waals surface area contributed by atoms with Crippen LogP contribution in [0.1, 0.15) is 66.2 Å². The largest absolute Gasteiger partial charge is 0.496 e. The van der Waals surface area contributed by atoms with Gasteiger partial charge in [-0.1, -0.05) is 59.3 Å². The molecule has 0 unspecified atom stereocenters. The third kappa shape index (κ3) is 13.7. The summed E-state index contributed by atoms with van der Waals surface area (Å²) in [5, 5.41) is 0. The molecular formula is C21H52O4Si4. The number of ether oxygens (including phenoxy) is 1. The quantitative estimate of drug-likeness (QED) is 0.190. The first-order valence-electron chi connectivity index (χ1n) is 12.0. The fourth-order valence-electron chi connectivity index (χ4n) is 3.60. The highest BCUT2D eigenvalue weighted by Gasteiger charge is 2.52. The van der Waals surface area contributed by atoms with Crippen LogP contribution in [0.25, 0.3) is 0 Å². The third-order valence-corrected chi connectivity index (χ3v) is 20.8. The normalized spacial score (nSPS) is 13.9. The molecule has 0 atom stereocenters. The van der Waals surface area contributed by atoms with E-state index in [2.05, 4.69) is 67.0 Å². The smallest absolute Gasteiger partial charge is 0.415 e. The minimum Gasteiger partial charge on any atom is -0.415 e. The maximum absolute atomic E-state index is 7.04. The zero-order valence-electron chi connectivity index (χ0n) is 21.4. The van der Waals surface area contributed by atoms with Crippen LogP contribution in [0.4, 0.5) is 0 Å². The highest BCUT2D eigenvalue weighted by Crippen LogP contribution is 2.31. The van der Waals surface area contributed by atoms with Gasteiger partial charge in [0.15, 0.2) is 25.0 Å². The molecule has 0 N–H and O–H groups in total. The Morgan fingerprint density at radius 2 is 0.828 bits per heavy atom. The first-order chi connectivity index (χ1) is 13.4. The van der Waals surface area contributed by atoms with Crippen LogP contribution >= 0.6 is 0 Å². The van der Waals surface area contributed by atoms with Gasteiger partial charge in [-0.05, 0) is 64.3 Å². The number of hydrogen-bond donors (Lipinski definition) is 0. The van der Waals surface area contributed by atoms with Gasteiger partial charge in [0.05, 0.1) is 0 Å². The van der Waals surface area contributed by atoms with Gasteiger partial charge in [0.1, 0.15) is 6.23 Å². The summed E-state index contributed by atoms with van der Waals surface area (Å²) in [5.74, 6) is 0. The van der Waals surface area contributed by atoms with E-state index in [9.17, 15) is 0 Å². The van der Waals surface area contributed by atoms with E-state index < -0.39 is 33.8 Å². The molecule has 0 aliphatic heterocycles. The molecule has 0 heterocycles. The van der Waals surface area contributed by atoms with E-state index >= 15 is 0 Å². The van der Waals surface area contributed by atoms with Crippen molar-refractivity contribution >= 4 is 33.8 Å². The van der Waals surface area contributed by atoms with Crippen molar-refractivity contribution < 1.29 is 17.1 Å². The summed E-state index contributed by atoms with van der Waals surface area (Å²) in [4.78, 5) is 0. The molecule has 0 radical (unpaired) electrons. The predicted molar refractivity (Wildman–Crippen MR) is 137 cm³/mol. The summed E-state index contributed by atoms with van der Waals surface area (Å²) in [6, 6.07) is 3.47. The summed E-state index contributed by atoms with van der Waals surface area (Å²) < 4.78 is 27.1.